The maximum atomic E-state index is 12.9. The molecule has 28 heavy (non-hydrogen) atoms. The summed E-state index contributed by atoms with van der Waals surface area (Å²) in [6, 6.07) is 10.2. The molecule has 8 nitrogen and oxygen atoms in total. The van der Waals surface area contributed by atoms with Crippen LogP contribution in [0.25, 0.3) is 0 Å². The van der Waals surface area contributed by atoms with Gasteiger partial charge < -0.3 is 20.4 Å². The third-order valence-corrected chi connectivity index (χ3v) is 5.24. The number of nitrogens with zero attached hydrogens (tertiary/aromatic N) is 2. The Morgan fingerprint density at radius 2 is 1.89 bits per heavy atom. The Hall–Kier alpha value is -3.20. The molecule has 0 atom stereocenters. The van der Waals surface area contributed by atoms with Gasteiger partial charge in [-0.1, -0.05) is 18.2 Å². The molecule has 1 aromatic carbocycles. The number of anilines is 1. The zero-order valence-corrected chi connectivity index (χ0v) is 16.1. The number of carbonyl (C=O) groups is 4. The minimum atomic E-state index is -0.338. The number of rotatable bonds is 5. The highest BCUT2D eigenvalue weighted by atomic mass is 32.1. The lowest BCUT2D eigenvalue weighted by molar-refractivity contribution is -0.139. The van der Waals surface area contributed by atoms with Gasteiger partial charge in [0.1, 0.15) is 6.54 Å². The molecule has 146 valence electrons. The molecule has 1 aliphatic heterocycles. The van der Waals surface area contributed by atoms with Crippen LogP contribution in [-0.4, -0.2) is 66.7 Å². The van der Waals surface area contributed by atoms with Crippen LogP contribution < -0.4 is 10.6 Å². The summed E-state index contributed by atoms with van der Waals surface area (Å²) in [7, 11) is 1.51. The van der Waals surface area contributed by atoms with Crippen LogP contribution in [0, 0.1) is 0 Å². The minimum Gasteiger partial charge on any atom is -0.358 e. The summed E-state index contributed by atoms with van der Waals surface area (Å²) >= 11 is 1.31. The van der Waals surface area contributed by atoms with Crippen molar-refractivity contribution in [2.45, 2.75) is 0 Å². The van der Waals surface area contributed by atoms with E-state index in [1.54, 1.807) is 41.8 Å². The van der Waals surface area contributed by atoms with Crippen molar-refractivity contribution in [3.8, 4) is 0 Å². The van der Waals surface area contributed by atoms with Gasteiger partial charge in [-0.15, -0.1) is 11.3 Å². The Labute approximate surface area is 166 Å². The second-order valence-corrected chi connectivity index (χ2v) is 7.14. The highest BCUT2D eigenvalue weighted by Crippen LogP contribution is 2.20. The number of piperazine rings is 1. The first-order valence-electron chi connectivity index (χ1n) is 8.71. The summed E-state index contributed by atoms with van der Waals surface area (Å²) in [5.41, 5.74) is 0.714. The van der Waals surface area contributed by atoms with Crippen LogP contribution in [0.2, 0.25) is 0 Å². The molecule has 0 radical (unpaired) electrons. The van der Waals surface area contributed by atoms with Crippen molar-refractivity contribution in [2.24, 2.45) is 0 Å². The Morgan fingerprint density at radius 1 is 1.11 bits per heavy atom. The number of thiophene rings is 1. The van der Waals surface area contributed by atoms with E-state index in [-0.39, 0.29) is 43.3 Å². The molecule has 4 amide bonds. The van der Waals surface area contributed by atoms with Crippen LogP contribution in [0.15, 0.2) is 41.8 Å². The number of carbonyl (C=O) groups excluding carboxylic acids is 4. The summed E-state index contributed by atoms with van der Waals surface area (Å²) in [4.78, 5) is 52.4. The van der Waals surface area contributed by atoms with Crippen molar-refractivity contribution in [3.05, 3.63) is 52.2 Å². The van der Waals surface area contributed by atoms with Crippen molar-refractivity contribution in [3.63, 3.8) is 0 Å². The van der Waals surface area contributed by atoms with Gasteiger partial charge in [0.2, 0.25) is 11.8 Å². The molecule has 2 heterocycles. The number of likely N-dealkylation sites (N-methyl/N-ethyl adjacent to an activating group) is 1. The third kappa shape index (κ3) is 4.37. The molecule has 1 aliphatic rings. The number of hydrogen-bond acceptors (Lipinski definition) is 5. The smallest absolute Gasteiger partial charge is 0.265 e. The monoisotopic (exact) mass is 400 g/mol. The Kier molecular flexibility index (Phi) is 6.05. The quantitative estimate of drug-likeness (QED) is 0.783. The Morgan fingerprint density at radius 3 is 2.57 bits per heavy atom. The fourth-order valence-corrected chi connectivity index (χ4v) is 3.46. The molecular formula is C19H20N4O4S. The molecular weight excluding hydrogens is 380 g/mol. The third-order valence-electron chi connectivity index (χ3n) is 4.37. The maximum Gasteiger partial charge on any atom is 0.265 e. The molecule has 1 fully saturated rings. The second kappa shape index (κ2) is 8.66. The van der Waals surface area contributed by atoms with Crippen LogP contribution in [0.3, 0.4) is 0 Å². The molecule has 2 N–H and O–H groups in total. The van der Waals surface area contributed by atoms with Gasteiger partial charge in [0.15, 0.2) is 0 Å². The van der Waals surface area contributed by atoms with E-state index in [0.717, 1.165) is 0 Å². The zero-order valence-electron chi connectivity index (χ0n) is 15.3. The topological polar surface area (TPSA) is 98.8 Å². The van der Waals surface area contributed by atoms with Gasteiger partial charge in [-0.2, -0.15) is 0 Å². The van der Waals surface area contributed by atoms with E-state index in [2.05, 4.69) is 10.6 Å². The molecule has 0 spiro atoms. The van der Waals surface area contributed by atoms with Gasteiger partial charge in [0, 0.05) is 20.1 Å². The van der Waals surface area contributed by atoms with Crippen molar-refractivity contribution in [2.75, 3.05) is 38.5 Å². The standard InChI is InChI=1S/C19H20N4O4S/c1-20-16(24)11-22-8-9-23(12-17(22)25)19(27)13-5-2-3-6-14(13)21-18(26)15-7-4-10-28-15/h2-7,10H,8-9,11-12H2,1H3,(H,20,24)(H,21,26). The van der Waals surface area contributed by atoms with E-state index in [4.69, 9.17) is 0 Å². The van der Waals surface area contributed by atoms with Gasteiger partial charge in [0.25, 0.3) is 11.8 Å². The van der Waals surface area contributed by atoms with Crippen LogP contribution in [0.4, 0.5) is 5.69 Å². The molecule has 1 saturated heterocycles. The lowest BCUT2D eigenvalue weighted by atomic mass is 10.1. The number of benzene rings is 1. The predicted molar refractivity (Wildman–Crippen MR) is 105 cm³/mol. The molecule has 2 aromatic rings. The van der Waals surface area contributed by atoms with Crippen molar-refractivity contribution >= 4 is 40.7 Å². The highest BCUT2D eigenvalue weighted by Gasteiger charge is 2.29. The van der Waals surface area contributed by atoms with E-state index >= 15 is 0 Å². The van der Waals surface area contributed by atoms with Gasteiger partial charge in [0.05, 0.1) is 22.7 Å². The Bertz CT molecular complexity index is 897. The summed E-state index contributed by atoms with van der Waals surface area (Å²) in [5.74, 6) is -1.17. The normalized spacial score (nSPS) is 14.0. The molecule has 9 heteroatoms. The van der Waals surface area contributed by atoms with Gasteiger partial charge in [-0.05, 0) is 23.6 Å². The zero-order chi connectivity index (χ0) is 20.1. The fourth-order valence-electron chi connectivity index (χ4n) is 2.84. The van der Waals surface area contributed by atoms with E-state index in [1.165, 1.54) is 28.2 Å². The summed E-state index contributed by atoms with van der Waals surface area (Å²) in [6.07, 6.45) is 0. The van der Waals surface area contributed by atoms with Crippen LogP contribution in [0.1, 0.15) is 20.0 Å². The Balaban J connectivity index is 1.71. The highest BCUT2D eigenvalue weighted by molar-refractivity contribution is 7.12. The van der Waals surface area contributed by atoms with Crippen molar-refractivity contribution in [1.29, 1.82) is 0 Å². The minimum absolute atomic E-state index is 0.0230. The molecule has 3 rings (SSSR count). The number of nitrogens with one attached hydrogen (secondary N) is 2. The van der Waals surface area contributed by atoms with E-state index in [1.807, 2.05) is 0 Å². The van der Waals surface area contributed by atoms with E-state index < -0.39 is 0 Å². The first-order valence-corrected chi connectivity index (χ1v) is 9.59. The summed E-state index contributed by atoms with van der Waals surface area (Å²) in [6.45, 7) is 0.463. The number of amides is 4. The van der Waals surface area contributed by atoms with Gasteiger partial charge >= 0.3 is 0 Å². The first kappa shape index (κ1) is 19.6. The van der Waals surface area contributed by atoms with Crippen molar-refractivity contribution in [1.82, 2.24) is 15.1 Å². The molecule has 0 saturated carbocycles. The molecule has 1 aromatic heterocycles. The van der Waals surface area contributed by atoms with E-state index in [9.17, 15) is 19.2 Å². The first-order chi connectivity index (χ1) is 13.5. The SMILES string of the molecule is CNC(=O)CN1CCN(C(=O)c2ccccc2NC(=O)c2cccs2)CC1=O. The van der Waals surface area contributed by atoms with Crippen LogP contribution >= 0.6 is 11.3 Å². The number of hydrogen-bond donors (Lipinski definition) is 2. The largest absolute Gasteiger partial charge is 0.358 e. The lowest BCUT2D eigenvalue weighted by Crippen LogP contribution is -2.54. The van der Waals surface area contributed by atoms with Crippen LogP contribution in [0.5, 0.6) is 0 Å². The second-order valence-electron chi connectivity index (χ2n) is 6.19. The van der Waals surface area contributed by atoms with Gasteiger partial charge in [-0.25, -0.2) is 0 Å². The molecule has 0 unspecified atom stereocenters. The van der Waals surface area contributed by atoms with Gasteiger partial charge in [-0.3, -0.25) is 19.2 Å². The van der Waals surface area contributed by atoms with Crippen molar-refractivity contribution < 1.29 is 19.2 Å². The van der Waals surface area contributed by atoms with E-state index in [0.29, 0.717) is 22.7 Å². The summed E-state index contributed by atoms with van der Waals surface area (Å²) in [5, 5.41) is 7.04. The number of para-hydroxylation sites is 1. The molecule has 0 aliphatic carbocycles. The average molecular weight is 400 g/mol. The summed E-state index contributed by atoms with van der Waals surface area (Å²) < 4.78 is 0. The fraction of sp³-hybridized carbons (Fsp3) is 0.263. The van der Waals surface area contributed by atoms with Crippen LogP contribution in [-0.2, 0) is 9.59 Å². The maximum absolute atomic E-state index is 12.9. The predicted octanol–water partition coefficient (Wildman–Crippen LogP) is 1.03. The average Bonchev–Trinajstić information content (AvgIpc) is 3.24. The molecule has 0 bridgehead atoms. The lowest BCUT2D eigenvalue weighted by Gasteiger charge is -2.34.